The zero-order chi connectivity index (χ0) is 10.3. The van der Waals surface area contributed by atoms with Crippen molar-refractivity contribution in [1.82, 2.24) is 0 Å². The third kappa shape index (κ3) is 7.62. The predicted molar refractivity (Wildman–Crippen MR) is 67.2 cm³/mol. The van der Waals surface area contributed by atoms with Crippen LogP contribution in [0.25, 0.3) is 0 Å². The molecule has 1 atom stereocenters. The number of hydrogen-bond acceptors (Lipinski definition) is 4. The molecule has 0 fully saturated rings. The van der Waals surface area contributed by atoms with E-state index in [0.29, 0.717) is 6.61 Å². The summed E-state index contributed by atoms with van der Waals surface area (Å²) >= 11 is 11.0. The molecule has 0 rings (SSSR count). The number of carbonyl (C=O) groups excluding carboxylic acids is 1. The Morgan fingerprint density at radius 2 is 2.31 bits per heavy atom. The average molecular weight is 256 g/mol. The fraction of sp³-hybridized carbons (Fsp3) is 0.571. The lowest BCUT2D eigenvalue weighted by Gasteiger charge is -2.07. The van der Waals surface area contributed by atoms with Gasteiger partial charge in [-0.1, -0.05) is 30.1 Å². The first kappa shape index (κ1) is 13.6. The highest BCUT2D eigenvalue weighted by atomic mass is 33.2. The second-order valence-corrected chi connectivity index (χ2v) is 13.2. The van der Waals surface area contributed by atoms with Crippen molar-refractivity contribution in [3.8, 4) is 0 Å². The van der Waals surface area contributed by atoms with Crippen LogP contribution in [0.3, 0.4) is 0 Å². The number of carbonyl (C=O) groups is 1. The lowest BCUT2D eigenvalue weighted by molar-refractivity contribution is -0.137. The Balaban J connectivity index is 3.88. The Labute approximate surface area is 93.4 Å². The zero-order valence-corrected chi connectivity index (χ0v) is 11.0. The van der Waals surface area contributed by atoms with Crippen molar-refractivity contribution >= 4 is 45.8 Å². The van der Waals surface area contributed by atoms with E-state index in [-0.39, 0.29) is 5.97 Å². The van der Waals surface area contributed by atoms with Crippen molar-refractivity contribution in [3.63, 3.8) is 0 Å². The number of thiol groups is 1. The standard InChI is InChI=1S/C7H13O2PS3/c1-3-9-7(8)5-6-13-10(11,12)4-2/h5-6H,3-4H2,1-2H3,(H,11,12). The molecule has 2 nitrogen and oxygen atoms in total. The van der Waals surface area contributed by atoms with E-state index < -0.39 is 4.44 Å². The lowest BCUT2D eigenvalue weighted by atomic mass is 10.6. The molecule has 0 spiro atoms. The van der Waals surface area contributed by atoms with E-state index in [4.69, 9.17) is 16.5 Å². The number of rotatable bonds is 5. The fourth-order valence-corrected chi connectivity index (χ4v) is 3.09. The van der Waals surface area contributed by atoms with Crippen molar-refractivity contribution in [1.29, 1.82) is 0 Å². The van der Waals surface area contributed by atoms with Crippen LogP contribution in [0.15, 0.2) is 11.5 Å². The van der Waals surface area contributed by atoms with Gasteiger partial charge in [0.15, 0.2) is 0 Å². The summed E-state index contributed by atoms with van der Waals surface area (Å²) in [6, 6.07) is 0. The van der Waals surface area contributed by atoms with Gasteiger partial charge in [0.1, 0.15) is 0 Å². The van der Waals surface area contributed by atoms with Crippen molar-refractivity contribution in [3.05, 3.63) is 11.5 Å². The third-order valence-electron chi connectivity index (χ3n) is 1.12. The first-order valence-corrected chi connectivity index (χ1v) is 9.48. The maximum atomic E-state index is 10.8. The second kappa shape index (κ2) is 6.93. The molecule has 0 aromatic rings. The van der Waals surface area contributed by atoms with E-state index in [1.165, 1.54) is 17.5 Å². The molecule has 0 bridgehead atoms. The maximum absolute atomic E-state index is 10.8. The quantitative estimate of drug-likeness (QED) is 0.354. The SMILES string of the molecule is CCOC(=O)C=CSP(=S)(S)CC. The van der Waals surface area contributed by atoms with Gasteiger partial charge in [-0.2, -0.15) is 0 Å². The molecule has 6 heteroatoms. The topological polar surface area (TPSA) is 26.3 Å². The highest BCUT2D eigenvalue weighted by molar-refractivity contribution is 8.97. The van der Waals surface area contributed by atoms with Gasteiger partial charge >= 0.3 is 5.97 Å². The summed E-state index contributed by atoms with van der Waals surface area (Å²) in [6.45, 7) is 4.17. The van der Waals surface area contributed by atoms with Gasteiger partial charge < -0.3 is 4.74 Å². The lowest BCUT2D eigenvalue weighted by Crippen LogP contribution is -1.98. The summed E-state index contributed by atoms with van der Waals surface area (Å²) in [5.74, 6) is -0.325. The van der Waals surface area contributed by atoms with Crippen LogP contribution in [0.5, 0.6) is 0 Å². The second-order valence-electron chi connectivity index (χ2n) is 2.11. The van der Waals surface area contributed by atoms with E-state index in [1.54, 1.807) is 12.3 Å². The van der Waals surface area contributed by atoms with Gasteiger partial charge in [0.05, 0.1) is 11.0 Å². The first-order chi connectivity index (χ1) is 6.02. The van der Waals surface area contributed by atoms with Gasteiger partial charge in [0.2, 0.25) is 0 Å². The summed E-state index contributed by atoms with van der Waals surface area (Å²) < 4.78 is 3.11. The molecule has 0 aromatic carbocycles. The Kier molecular flexibility index (Phi) is 7.23. The van der Waals surface area contributed by atoms with Gasteiger partial charge in [-0.25, -0.2) is 4.79 Å². The molecule has 0 aliphatic heterocycles. The minimum absolute atomic E-state index is 0.325. The fourth-order valence-electron chi connectivity index (χ4n) is 0.446. The predicted octanol–water partition coefficient (Wildman–Crippen LogP) is 3.06. The number of esters is 1. The first-order valence-electron chi connectivity index (χ1n) is 3.85. The third-order valence-corrected chi connectivity index (χ3v) is 7.88. The van der Waals surface area contributed by atoms with E-state index >= 15 is 0 Å². The highest BCUT2D eigenvalue weighted by Crippen LogP contribution is 2.63. The molecular formula is C7H13O2PS3. The van der Waals surface area contributed by atoms with E-state index in [9.17, 15) is 4.79 Å². The summed E-state index contributed by atoms with van der Waals surface area (Å²) in [6.07, 6.45) is 2.25. The molecule has 13 heavy (non-hydrogen) atoms. The molecule has 0 radical (unpaired) electrons. The van der Waals surface area contributed by atoms with Crippen molar-refractivity contribution < 1.29 is 9.53 Å². The van der Waals surface area contributed by atoms with E-state index in [2.05, 4.69) is 12.2 Å². The molecule has 0 amide bonds. The van der Waals surface area contributed by atoms with Gasteiger partial charge in [-0.05, 0) is 18.5 Å². The molecular weight excluding hydrogens is 243 g/mol. The summed E-state index contributed by atoms with van der Waals surface area (Å²) in [5.41, 5.74) is 0. The molecule has 76 valence electrons. The van der Waals surface area contributed by atoms with Crippen LogP contribution in [0.1, 0.15) is 13.8 Å². The number of ether oxygens (including phenoxy) is 1. The van der Waals surface area contributed by atoms with Crippen LogP contribution < -0.4 is 0 Å². The van der Waals surface area contributed by atoms with Gasteiger partial charge in [-0.3, -0.25) is 0 Å². The van der Waals surface area contributed by atoms with Crippen LogP contribution >= 0.6 is 28.1 Å². The van der Waals surface area contributed by atoms with Crippen LogP contribution in [-0.4, -0.2) is 18.7 Å². The zero-order valence-electron chi connectivity index (χ0n) is 7.60. The van der Waals surface area contributed by atoms with Crippen molar-refractivity contribution in [2.24, 2.45) is 0 Å². The molecule has 0 aliphatic rings. The van der Waals surface area contributed by atoms with Crippen LogP contribution in [-0.2, 0) is 21.3 Å². The molecule has 0 N–H and O–H groups in total. The Morgan fingerprint density at radius 3 is 2.77 bits per heavy atom. The molecule has 0 saturated heterocycles. The molecule has 0 aliphatic carbocycles. The van der Waals surface area contributed by atoms with Crippen molar-refractivity contribution in [2.75, 3.05) is 12.8 Å². The minimum atomic E-state index is -1.60. The Bertz CT molecular complexity index is 240. The molecule has 1 unspecified atom stereocenters. The Morgan fingerprint density at radius 1 is 1.69 bits per heavy atom. The highest BCUT2D eigenvalue weighted by Gasteiger charge is 2.06. The van der Waals surface area contributed by atoms with E-state index in [1.807, 2.05) is 6.92 Å². The molecule has 0 aromatic heterocycles. The van der Waals surface area contributed by atoms with Crippen molar-refractivity contribution in [2.45, 2.75) is 13.8 Å². The summed E-state index contributed by atoms with van der Waals surface area (Å²) in [4.78, 5) is 10.8. The number of hydrogen-bond donors (Lipinski definition) is 1. The van der Waals surface area contributed by atoms with Crippen LogP contribution in [0.2, 0.25) is 0 Å². The Hall–Kier alpha value is 0.560. The smallest absolute Gasteiger partial charge is 0.331 e. The van der Waals surface area contributed by atoms with Gasteiger partial charge in [0, 0.05) is 6.08 Å². The monoisotopic (exact) mass is 256 g/mol. The van der Waals surface area contributed by atoms with Crippen LogP contribution in [0, 0.1) is 0 Å². The van der Waals surface area contributed by atoms with E-state index in [0.717, 1.165) is 6.16 Å². The normalized spacial score (nSPS) is 15.6. The summed E-state index contributed by atoms with van der Waals surface area (Å²) in [5, 5.41) is 1.68. The van der Waals surface area contributed by atoms with Gasteiger partial charge in [-0.15, -0.1) is 12.2 Å². The minimum Gasteiger partial charge on any atom is -0.463 e. The molecule has 0 saturated carbocycles. The van der Waals surface area contributed by atoms with Gasteiger partial charge in [0.25, 0.3) is 0 Å². The summed E-state index contributed by atoms with van der Waals surface area (Å²) in [7, 11) is 0. The van der Waals surface area contributed by atoms with Crippen LogP contribution in [0.4, 0.5) is 0 Å². The molecule has 0 heterocycles. The average Bonchev–Trinajstić information content (AvgIpc) is 2.05. The maximum Gasteiger partial charge on any atom is 0.331 e. The largest absolute Gasteiger partial charge is 0.463 e.